The zero-order valence-electron chi connectivity index (χ0n) is 6.95. The maximum absolute atomic E-state index is 9.53. The monoisotopic (exact) mass is 176 g/mol. The van der Waals surface area contributed by atoms with Crippen molar-refractivity contribution in [2.75, 3.05) is 19.5 Å². The fraction of sp³-hybridized carbons (Fsp3) is 1.00. The van der Waals surface area contributed by atoms with E-state index in [0.29, 0.717) is 11.9 Å². The molecule has 2 nitrogen and oxygen atoms in total. The number of aliphatic hydroxyl groups is 1. The van der Waals surface area contributed by atoms with Gasteiger partial charge in [-0.3, -0.25) is 0 Å². The molecule has 0 aromatic carbocycles. The van der Waals surface area contributed by atoms with Gasteiger partial charge in [0, 0.05) is 12.4 Å². The van der Waals surface area contributed by atoms with Crippen molar-refractivity contribution in [2.24, 2.45) is 0 Å². The minimum absolute atomic E-state index is 0.259. The van der Waals surface area contributed by atoms with Crippen molar-refractivity contribution in [2.45, 2.75) is 30.6 Å². The van der Waals surface area contributed by atoms with Gasteiger partial charge in [0.1, 0.15) is 0 Å². The van der Waals surface area contributed by atoms with Crippen molar-refractivity contribution in [3.05, 3.63) is 0 Å². The summed E-state index contributed by atoms with van der Waals surface area (Å²) >= 11 is 1.88. The van der Waals surface area contributed by atoms with Gasteiger partial charge in [-0.1, -0.05) is 6.42 Å². The first-order chi connectivity index (χ1) is 5.34. The Balaban J connectivity index is 2.21. The topological polar surface area (TPSA) is 29.5 Å². The van der Waals surface area contributed by atoms with Crippen LogP contribution in [-0.4, -0.2) is 35.9 Å². The molecule has 3 heteroatoms. The summed E-state index contributed by atoms with van der Waals surface area (Å²) in [4.78, 5) is 0. The van der Waals surface area contributed by atoms with Gasteiger partial charge in [-0.2, -0.15) is 11.8 Å². The largest absolute Gasteiger partial charge is 0.390 e. The van der Waals surface area contributed by atoms with Gasteiger partial charge in [0.05, 0.1) is 12.7 Å². The Labute approximate surface area is 72.3 Å². The number of methoxy groups -OCH3 is 1. The molecule has 1 aliphatic heterocycles. The number of rotatable bonds is 3. The van der Waals surface area contributed by atoms with Crippen LogP contribution in [-0.2, 0) is 4.74 Å². The maximum atomic E-state index is 9.53. The second-order valence-corrected chi connectivity index (χ2v) is 4.27. The van der Waals surface area contributed by atoms with Crippen molar-refractivity contribution in [1.82, 2.24) is 0 Å². The Kier molecular flexibility index (Phi) is 4.26. The standard InChI is InChI=1S/C8H16O2S/c1-10-6-7(9)8-4-2-3-5-11-8/h7-9H,2-6H2,1H3. The minimum Gasteiger partial charge on any atom is -0.390 e. The van der Waals surface area contributed by atoms with E-state index in [4.69, 9.17) is 4.74 Å². The molecule has 66 valence electrons. The van der Waals surface area contributed by atoms with Gasteiger partial charge >= 0.3 is 0 Å². The summed E-state index contributed by atoms with van der Waals surface area (Å²) in [5.41, 5.74) is 0. The lowest BCUT2D eigenvalue weighted by atomic mass is 10.1. The fourth-order valence-electron chi connectivity index (χ4n) is 1.35. The molecule has 0 aliphatic carbocycles. The van der Waals surface area contributed by atoms with Gasteiger partial charge in [-0.05, 0) is 18.6 Å². The number of aliphatic hydroxyl groups excluding tert-OH is 1. The third kappa shape index (κ3) is 3.01. The number of hydrogen-bond acceptors (Lipinski definition) is 3. The Hall–Kier alpha value is 0.270. The van der Waals surface area contributed by atoms with E-state index in [2.05, 4.69) is 0 Å². The predicted octanol–water partition coefficient (Wildman–Crippen LogP) is 1.28. The summed E-state index contributed by atoms with van der Waals surface area (Å²) in [5.74, 6) is 1.20. The van der Waals surface area contributed by atoms with Crippen molar-refractivity contribution in [3.63, 3.8) is 0 Å². The van der Waals surface area contributed by atoms with Gasteiger partial charge in [0.2, 0.25) is 0 Å². The van der Waals surface area contributed by atoms with E-state index in [1.807, 2.05) is 11.8 Å². The number of ether oxygens (including phenoxy) is 1. The Morgan fingerprint density at radius 1 is 1.64 bits per heavy atom. The summed E-state index contributed by atoms with van der Waals surface area (Å²) in [6.07, 6.45) is 3.46. The predicted molar refractivity (Wildman–Crippen MR) is 48.0 cm³/mol. The molecule has 2 unspecified atom stereocenters. The molecular weight excluding hydrogens is 160 g/mol. The molecule has 1 saturated heterocycles. The quantitative estimate of drug-likeness (QED) is 0.702. The van der Waals surface area contributed by atoms with E-state index in [9.17, 15) is 5.11 Å². The molecule has 2 atom stereocenters. The van der Waals surface area contributed by atoms with E-state index in [1.54, 1.807) is 7.11 Å². The molecule has 1 N–H and O–H groups in total. The molecule has 0 aromatic rings. The molecule has 0 saturated carbocycles. The summed E-state index contributed by atoms with van der Waals surface area (Å²) in [5, 5.41) is 9.95. The molecular formula is C8H16O2S. The lowest BCUT2D eigenvalue weighted by molar-refractivity contribution is 0.0610. The van der Waals surface area contributed by atoms with Gasteiger partial charge in [-0.25, -0.2) is 0 Å². The second kappa shape index (κ2) is 5.01. The zero-order valence-corrected chi connectivity index (χ0v) is 7.77. The highest BCUT2D eigenvalue weighted by Crippen LogP contribution is 2.27. The van der Waals surface area contributed by atoms with E-state index < -0.39 is 0 Å². The van der Waals surface area contributed by atoms with Crippen LogP contribution in [0.15, 0.2) is 0 Å². The maximum Gasteiger partial charge on any atom is 0.0891 e. The molecule has 0 aromatic heterocycles. The van der Waals surface area contributed by atoms with Crippen LogP contribution in [0.3, 0.4) is 0 Å². The minimum atomic E-state index is -0.259. The van der Waals surface area contributed by atoms with Crippen LogP contribution in [0, 0.1) is 0 Å². The fourth-order valence-corrected chi connectivity index (χ4v) is 2.65. The van der Waals surface area contributed by atoms with Crippen LogP contribution in [0.25, 0.3) is 0 Å². The highest BCUT2D eigenvalue weighted by Gasteiger charge is 2.21. The third-order valence-electron chi connectivity index (χ3n) is 1.98. The summed E-state index contributed by atoms with van der Waals surface area (Å²) in [6.45, 7) is 0.484. The Bertz CT molecular complexity index is 102. The van der Waals surface area contributed by atoms with E-state index in [0.717, 1.165) is 6.42 Å². The highest BCUT2D eigenvalue weighted by atomic mass is 32.2. The Morgan fingerprint density at radius 3 is 3.00 bits per heavy atom. The first-order valence-electron chi connectivity index (χ1n) is 4.13. The van der Waals surface area contributed by atoms with Crippen LogP contribution >= 0.6 is 11.8 Å². The molecule has 0 spiro atoms. The first-order valence-corrected chi connectivity index (χ1v) is 5.18. The van der Waals surface area contributed by atoms with Crippen LogP contribution in [0.4, 0.5) is 0 Å². The number of thioether (sulfide) groups is 1. The van der Waals surface area contributed by atoms with Crippen LogP contribution in [0.5, 0.6) is 0 Å². The SMILES string of the molecule is COCC(O)C1CCCCS1. The van der Waals surface area contributed by atoms with E-state index in [1.165, 1.54) is 18.6 Å². The summed E-state index contributed by atoms with van der Waals surface area (Å²) in [6, 6.07) is 0. The van der Waals surface area contributed by atoms with Crippen LogP contribution in [0.2, 0.25) is 0 Å². The highest BCUT2D eigenvalue weighted by molar-refractivity contribution is 8.00. The molecule has 0 radical (unpaired) electrons. The molecule has 1 aliphatic rings. The van der Waals surface area contributed by atoms with Crippen molar-refractivity contribution in [1.29, 1.82) is 0 Å². The average Bonchev–Trinajstić information content (AvgIpc) is 2.07. The normalized spacial score (nSPS) is 28.4. The van der Waals surface area contributed by atoms with Crippen LogP contribution in [0.1, 0.15) is 19.3 Å². The van der Waals surface area contributed by atoms with Crippen molar-refractivity contribution in [3.8, 4) is 0 Å². The van der Waals surface area contributed by atoms with Gasteiger partial charge in [0.25, 0.3) is 0 Å². The summed E-state index contributed by atoms with van der Waals surface area (Å²) in [7, 11) is 1.64. The van der Waals surface area contributed by atoms with E-state index >= 15 is 0 Å². The van der Waals surface area contributed by atoms with E-state index in [-0.39, 0.29) is 6.10 Å². The molecule has 0 amide bonds. The summed E-state index contributed by atoms with van der Waals surface area (Å²) < 4.78 is 4.89. The molecule has 1 heterocycles. The van der Waals surface area contributed by atoms with Crippen LogP contribution < -0.4 is 0 Å². The van der Waals surface area contributed by atoms with Gasteiger partial charge < -0.3 is 9.84 Å². The molecule has 1 fully saturated rings. The Morgan fingerprint density at radius 2 is 2.45 bits per heavy atom. The van der Waals surface area contributed by atoms with Crippen molar-refractivity contribution < 1.29 is 9.84 Å². The van der Waals surface area contributed by atoms with Gasteiger partial charge in [0.15, 0.2) is 0 Å². The van der Waals surface area contributed by atoms with Crippen molar-refractivity contribution >= 4 is 11.8 Å². The lowest BCUT2D eigenvalue weighted by Gasteiger charge is -2.25. The first kappa shape index (κ1) is 9.36. The lowest BCUT2D eigenvalue weighted by Crippen LogP contribution is -2.29. The zero-order chi connectivity index (χ0) is 8.10. The molecule has 1 rings (SSSR count). The third-order valence-corrected chi connectivity index (χ3v) is 3.48. The average molecular weight is 176 g/mol. The number of hydrogen-bond donors (Lipinski definition) is 1. The van der Waals surface area contributed by atoms with Gasteiger partial charge in [-0.15, -0.1) is 0 Å². The molecule has 0 bridgehead atoms. The second-order valence-electron chi connectivity index (χ2n) is 2.93. The molecule has 11 heavy (non-hydrogen) atoms. The smallest absolute Gasteiger partial charge is 0.0891 e.